The molecule has 2 aromatic rings. The second-order valence-electron chi connectivity index (χ2n) is 12.0. The second-order valence-corrected chi connectivity index (χ2v) is 17.2. The van der Waals surface area contributed by atoms with Gasteiger partial charge in [-0.15, -0.1) is 0 Å². The second kappa shape index (κ2) is 12.8. The number of hydrogen-bond donors (Lipinski definition) is 5. The third kappa shape index (κ3) is 8.00. The molecule has 41 heavy (non-hydrogen) atoms. The number of nitrogens with one attached hydrogen (secondary N) is 3. The maximum atomic E-state index is 13.0. The van der Waals surface area contributed by atoms with Crippen molar-refractivity contribution >= 4 is 48.6 Å². The number of carbonyl (C=O) groups is 3. The number of rotatable bonds is 12. The van der Waals surface area contributed by atoms with Crippen LogP contribution in [-0.2, 0) is 14.0 Å². The van der Waals surface area contributed by atoms with Crippen LogP contribution in [0.5, 0.6) is 5.75 Å². The monoisotopic (exact) mass is 605 g/mol. The van der Waals surface area contributed by atoms with E-state index in [-0.39, 0.29) is 47.0 Å². The number of halogens is 1. The standard InChI is InChI=1S/C29H40ClN3O7Si/c1-28(2,3)41(5,6)40-12-11-31-25(35)17-39-24-15-21-19(13-20(24)30)14-22(32-21)26(36)33-23(16-34)18-7-9-29(4,10-8-18)27(37)38/h7-9,13-15,23,32,34H,10-12,16-17H2,1-6H3,(H,31,35)(H,33,36)(H,37,38)/t23-,29?/m1/s1. The van der Waals surface area contributed by atoms with Gasteiger partial charge in [0.15, 0.2) is 14.9 Å². The molecule has 5 N–H and O–H groups in total. The summed E-state index contributed by atoms with van der Waals surface area (Å²) >= 11 is 6.37. The summed E-state index contributed by atoms with van der Waals surface area (Å²) in [5.41, 5.74) is 0.414. The first-order valence-electron chi connectivity index (χ1n) is 13.5. The molecule has 1 aliphatic rings. The topological polar surface area (TPSA) is 150 Å². The van der Waals surface area contributed by atoms with E-state index in [4.69, 9.17) is 20.8 Å². The van der Waals surface area contributed by atoms with E-state index in [0.29, 0.717) is 29.6 Å². The number of allylic oxidation sites excluding steroid dienone is 1. The van der Waals surface area contributed by atoms with Crippen molar-refractivity contribution < 1.29 is 33.8 Å². The lowest BCUT2D eigenvalue weighted by Crippen LogP contribution is -2.43. The van der Waals surface area contributed by atoms with Crippen LogP contribution in [0, 0.1) is 5.41 Å². The summed E-state index contributed by atoms with van der Waals surface area (Å²) in [6.07, 6.45) is 5.14. The maximum absolute atomic E-state index is 13.0. The van der Waals surface area contributed by atoms with Crippen LogP contribution >= 0.6 is 11.6 Å². The van der Waals surface area contributed by atoms with Crippen LogP contribution in [0.15, 0.2) is 42.0 Å². The Morgan fingerprint density at radius 1 is 1.22 bits per heavy atom. The Morgan fingerprint density at radius 2 is 1.93 bits per heavy atom. The van der Waals surface area contributed by atoms with E-state index in [0.717, 1.165) is 0 Å². The molecule has 1 unspecified atom stereocenters. The number of aliphatic hydroxyl groups excluding tert-OH is 1. The van der Waals surface area contributed by atoms with Crippen molar-refractivity contribution in [1.29, 1.82) is 0 Å². The first-order valence-corrected chi connectivity index (χ1v) is 16.7. The van der Waals surface area contributed by atoms with Gasteiger partial charge in [0.1, 0.15) is 11.4 Å². The van der Waals surface area contributed by atoms with E-state index in [1.807, 2.05) is 0 Å². The van der Waals surface area contributed by atoms with Crippen LogP contribution in [0.3, 0.4) is 0 Å². The molecule has 10 nitrogen and oxygen atoms in total. The first-order chi connectivity index (χ1) is 19.1. The summed E-state index contributed by atoms with van der Waals surface area (Å²) in [5.74, 6) is -1.43. The summed E-state index contributed by atoms with van der Waals surface area (Å²) in [6, 6.07) is 4.16. The lowest BCUT2D eigenvalue weighted by Gasteiger charge is -2.36. The number of hydrogen-bond acceptors (Lipinski definition) is 6. The van der Waals surface area contributed by atoms with Gasteiger partial charge < -0.3 is 35.0 Å². The van der Waals surface area contributed by atoms with E-state index >= 15 is 0 Å². The smallest absolute Gasteiger partial charge is 0.313 e. The number of aliphatic carboxylic acids is 1. The summed E-state index contributed by atoms with van der Waals surface area (Å²) in [4.78, 5) is 39.7. The number of carbonyl (C=O) groups excluding carboxylic acids is 2. The fraction of sp³-hybridized carbons (Fsp3) is 0.483. The zero-order valence-electron chi connectivity index (χ0n) is 24.4. The lowest BCUT2D eigenvalue weighted by molar-refractivity contribution is -0.145. The van der Waals surface area contributed by atoms with Crippen LogP contribution in [-0.4, -0.2) is 73.7 Å². The predicted octanol–water partition coefficient (Wildman–Crippen LogP) is 4.41. The van der Waals surface area contributed by atoms with Crippen molar-refractivity contribution in [2.75, 3.05) is 26.4 Å². The minimum atomic E-state index is -1.89. The van der Waals surface area contributed by atoms with Gasteiger partial charge in [-0.05, 0) is 49.2 Å². The molecule has 1 aromatic heterocycles. The Balaban J connectivity index is 1.58. The quantitative estimate of drug-likeness (QED) is 0.178. The van der Waals surface area contributed by atoms with Gasteiger partial charge in [-0.2, -0.15) is 0 Å². The SMILES string of the molecule is CC1(C(=O)O)C=CC([C@@H](CO)NC(=O)c2cc3cc(Cl)c(OCC(=O)NCCO[Si](C)(C)C(C)(C)C)cc3[nH]2)=CC1. The molecule has 0 radical (unpaired) electrons. The number of amides is 2. The van der Waals surface area contributed by atoms with Gasteiger partial charge in [-0.1, -0.05) is 50.6 Å². The van der Waals surface area contributed by atoms with E-state index in [1.54, 1.807) is 43.4 Å². The van der Waals surface area contributed by atoms with Crippen LogP contribution in [0.25, 0.3) is 10.9 Å². The third-order valence-electron chi connectivity index (χ3n) is 7.75. The molecule has 224 valence electrons. The zero-order chi connectivity index (χ0) is 30.6. The van der Waals surface area contributed by atoms with Crippen molar-refractivity contribution in [3.8, 4) is 5.75 Å². The molecular formula is C29H40ClN3O7Si. The number of carboxylic acid groups (broad SMARTS) is 1. The van der Waals surface area contributed by atoms with Crippen molar-refractivity contribution in [3.63, 3.8) is 0 Å². The number of aromatic nitrogens is 1. The number of benzene rings is 1. The molecule has 1 aliphatic carbocycles. The molecule has 0 spiro atoms. The molecule has 0 aliphatic heterocycles. The van der Waals surface area contributed by atoms with Crippen LogP contribution < -0.4 is 15.4 Å². The highest BCUT2D eigenvalue weighted by Crippen LogP contribution is 2.36. The molecular weight excluding hydrogens is 566 g/mol. The Morgan fingerprint density at radius 3 is 2.51 bits per heavy atom. The molecule has 2 atom stereocenters. The minimum absolute atomic E-state index is 0.0881. The molecule has 3 rings (SSSR count). The normalized spacial score (nSPS) is 18.1. The van der Waals surface area contributed by atoms with Crippen molar-refractivity contribution in [3.05, 3.63) is 52.7 Å². The molecule has 1 heterocycles. The molecule has 2 amide bonds. The summed E-state index contributed by atoms with van der Waals surface area (Å²) in [7, 11) is -1.89. The molecule has 0 bridgehead atoms. The highest BCUT2D eigenvalue weighted by Gasteiger charge is 2.37. The highest BCUT2D eigenvalue weighted by atomic mass is 35.5. The van der Waals surface area contributed by atoms with Gasteiger partial charge in [0, 0.05) is 23.5 Å². The van der Waals surface area contributed by atoms with Crippen LogP contribution in [0.4, 0.5) is 0 Å². The Labute approximate surface area is 246 Å². The van der Waals surface area contributed by atoms with Gasteiger partial charge >= 0.3 is 5.97 Å². The largest absolute Gasteiger partial charge is 0.482 e. The first kappa shape index (κ1) is 32.4. The van der Waals surface area contributed by atoms with Crippen LogP contribution in [0.1, 0.15) is 44.6 Å². The number of ether oxygens (including phenoxy) is 1. The Hall–Kier alpha value is -3.12. The number of carboxylic acids is 1. The van der Waals surface area contributed by atoms with Gasteiger partial charge in [0.25, 0.3) is 11.8 Å². The molecule has 0 saturated carbocycles. The Bertz CT molecular complexity index is 1360. The fourth-order valence-corrected chi connectivity index (χ4v) is 5.18. The number of aromatic amines is 1. The summed E-state index contributed by atoms with van der Waals surface area (Å²) < 4.78 is 11.7. The number of aliphatic hydroxyl groups is 1. The maximum Gasteiger partial charge on any atom is 0.313 e. The fourth-order valence-electron chi connectivity index (χ4n) is 3.91. The van der Waals surface area contributed by atoms with E-state index < -0.39 is 31.7 Å². The highest BCUT2D eigenvalue weighted by molar-refractivity contribution is 6.74. The van der Waals surface area contributed by atoms with Gasteiger partial charge in [0.2, 0.25) is 0 Å². The van der Waals surface area contributed by atoms with E-state index in [2.05, 4.69) is 49.5 Å². The average molecular weight is 606 g/mol. The number of H-pyrrole nitrogens is 1. The minimum Gasteiger partial charge on any atom is -0.482 e. The predicted molar refractivity (Wildman–Crippen MR) is 161 cm³/mol. The average Bonchev–Trinajstić information content (AvgIpc) is 3.31. The molecule has 0 fully saturated rings. The lowest BCUT2D eigenvalue weighted by atomic mass is 9.81. The van der Waals surface area contributed by atoms with Gasteiger partial charge in [0.05, 0.1) is 29.7 Å². The Kier molecular flexibility index (Phi) is 10.1. The van der Waals surface area contributed by atoms with Crippen molar-refractivity contribution in [2.45, 2.75) is 58.3 Å². The molecule has 0 saturated heterocycles. The van der Waals surface area contributed by atoms with Gasteiger partial charge in [-0.25, -0.2) is 0 Å². The molecule has 12 heteroatoms. The van der Waals surface area contributed by atoms with E-state index in [1.165, 1.54) is 0 Å². The zero-order valence-corrected chi connectivity index (χ0v) is 26.1. The number of fused-ring (bicyclic) bond motifs is 1. The third-order valence-corrected chi connectivity index (χ3v) is 12.6. The van der Waals surface area contributed by atoms with Gasteiger partial charge in [-0.3, -0.25) is 14.4 Å². The van der Waals surface area contributed by atoms with E-state index in [9.17, 15) is 24.6 Å². The van der Waals surface area contributed by atoms with Crippen molar-refractivity contribution in [1.82, 2.24) is 15.6 Å². The van der Waals surface area contributed by atoms with Crippen LogP contribution in [0.2, 0.25) is 23.2 Å². The van der Waals surface area contributed by atoms with Crippen molar-refractivity contribution in [2.24, 2.45) is 5.41 Å². The summed E-state index contributed by atoms with van der Waals surface area (Å²) in [6.45, 7) is 12.6. The summed E-state index contributed by atoms with van der Waals surface area (Å²) in [5, 5.41) is 25.8. The molecule has 1 aromatic carbocycles.